The maximum Gasteiger partial charge on any atom is 0.522 e. The van der Waals surface area contributed by atoms with Gasteiger partial charge in [0.25, 0.3) is 0 Å². The number of anilines is 1. The Bertz CT molecular complexity index is 1140. The molecule has 5 rings (SSSR count). The molecule has 0 aromatic heterocycles. The van der Waals surface area contributed by atoms with E-state index in [1.165, 1.54) is 23.1 Å². The van der Waals surface area contributed by atoms with Crippen molar-refractivity contribution in [1.82, 2.24) is 15.5 Å². The number of nitrogens with one attached hydrogen (secondary N) is 3. The minimum atomic E-state index is -5.05. The number of Topliss-reactive ketones (excluding diaryl/α,β-unsaturated/α-hetero) is 1. The number of carbonyl (C=O) groups excluding carboxylic acids is 5. The maximum atomic E-state index is 13.9. The van der Waals surface area contributed by atoms with Crippen molar-refractivity contribution in [3.05, 3.63) is 30.1 Å². The molecule has 3 saturated heterocycles. The lowest BCUT2D eigenvalue weighted by Gasteiger charge is -2.41. The van der Waals surface area contributed by atoms with E-state index >= 15 is 0 Å². The first kappa shape index (κ1) is 27.5. The van der Waals surface area contributed by atoms with E-state index < -0.39 is 59.8 Å². The molecule has 2 atom stereocenters. The summed E-state index contributed by atoms with van der Waals surface area (Å²) in [5.74, 6) is -5.52. The second kappa shape index (κ2) is 10.7. The Hall–Kier alpha value is -3.55. The molecule has 2 bridgehead atoms. The van der Waals surface area contributed by atoms with Crippen molar-refractivity contribution < 1.29 is 46.3 Å². The van der Waals surface area contributed by atoms with Gasteiger partial charge in [0, 0.05) is 25.4 Å². The smallest absolute Gasteiger partial charge is 0.356 e. The number of fused-ring (bicyclic) bond motifs is 1. The Labute approximate surface area is 214 Å². The molecule has 0 radical (unpaired) electrons. The summed E-state index contributed by atoms with van der Waals surface area (Å²) in [5, 5.41) is 7.19. The molecule has 4 fully saturated rings. The highest BCUT2D eigenvalue weighted by molar-refractivity contribution is 6.39. The molecular weight excluding hydrogens is 516 g/mol. The number of amides is 4. The molecule has 3 aliphatic heterocycles. The normalized spacial score (nSPS) is 24.8. The largest absolute Gasteiger partial charge is 0.522 e. The summed E-state index contributed by atoms with van der Waals surface area (Å²) in [4.78, 5) is 64.1. The van der Waals surface area contributed by atoms with E-state index in [1.807, 2.05) is 0 Å². The van der Waals surface area contributed by atoms with E-state index in [0.29, 0.717) is 25.8 Å². The summed E-state index contributed by atoms with van der Waals surface area (Å²) in [6, 6.07) is 3.89. The molecule has 10 nitrogen and oxygen atoms in total. The molecule has 0 spiro atoms. The van der Waals surface area contributed by atoms with E-state index in [1.54, 1.807) is 0 Å². The first-order valence-electron chi connectivity index (χ1n) is 12.0. The molecular formula is C24H26F4N4O6. The maximum absolute atomic E-state index is 13.9. The molecule has 1 aromatic carbocycles. The summed E-state index contributed by atoms with van der Waals surface area (Å²) in [7, 11) is 0. The highest BCUT2D eigenvalue weighted by atomic mass is 19.4. The molecule has 4 aliphatic rings. The third-order valence-corrected chi connectivity index (χ3v) is 7.19. The zero-order chi connectivity index (χ0) is 27.7. The molecule has 3 N–H and O–H groups in total. The van der Waals surface area contributed by atoms with Crippen molar-refractivity contribution in [2.45, 2.75) is 50.0 Å². The number of halogens is 4. The topological polar surface area (TPSA) is 134 Å². The average molecular weight is 542 g/mol. The van der Waals surface area contributed by atoms with Crippen LogP contribution in [-0.2, 0) is 28.7 Å². The van der Waals surface area contributed by atoms with Gasteiger partial charge in [0.2, 0.25) is 11.8 Å². The SMILES string of the molecule is O=C(C[C@]12C[C@H](CN1C(=O)C(=O)Nc1ccccc1F)C2)N[C@@H](C[C@@H]1CCNC1=O)C(=O)COC(F)(F)F. The number of benzene rings is 1. The number of rotatable bonds is 9. The fraction of sp³-hybridized carbons (Fsp3) is 0.542. The van der Waals surface area contributed by atoms with Gasteiger partial charge in [-0.1, -0.05) is 12.1 Å². The predicted octanol–water partition coefficient (Wildman–Crippen LogP) is 1.26. The van der Waals surface area contributed by atoms with Crippen LogP contribution in [0.15, 0.2) is 24.3 Å². The van der Waals surface area contributed by atoms with Gasteiger partial charge in [-0.2, -0.15) is 0 Å². The van der Waals surface area contributed by atoms with E-state index in [0.717, 1.165) is 6.07 Å². The summed E-state index contributed by atoms with van der Waals surface area (Å²) in [5.41, 5.74) is -1.19. The average Bonchev–Trinajstić information content (AvgIpc) is 3.50. The number of carbonyl (C=O) groups is 5. The van der Waals surface area contributed by atoms with Crippen LogP contribution in [0.5, 0.6) is 0 Å². The van der Waals surface area contributed by atoms with Crippen LogP contribution in [-0.4, -0.2) is 72.0 Å². The van der Waals surface area contributed by atoms with Crippen LogP contribution >= 0.6 is 0 Å². The van der Waals surface area contributed by atoms with Crippen molar-refractivity contribution in [2.75, 3.05) is 25.0 Å². The Morgan fingerprint density at radius 3 is 2.53 bits per heavy atom. The Morgan fingerprint density at radius 1 is 1.18 bits per heavy atom. The van der Waals surface area contributed by atoms with Crippen molar-refractivity contribution in [3.63, 3.8) is 0 Å². The first-order valence-corrected chi connectivity index (χ1v) is 12.0. The number of ether oxygens (including phenoxy) is 1. The molecule has 3 heterocycles. The van der Waals surface area contributed by atoms with E-state index in [4.69, 9.17) is 0 Å². The summed E-state index contributed by atoms with van der Waals surface area (Å²) < 4.78 is 54.9. The standard InChI is InChI=1S/C24H26F4N4O6/c25-15-3-1-2-4-16(15)31-21(36)22(37)32-11-13-8-23(32,9-13)10-19(34)30-17(7-14-5-6-29-20(14)35)18(33)12-38-24(26,27)28/h1-4,13-14,17H,5-12H2,(H,29,35)(H,30,34)(H,31,36)/t13-,14-,17-,23+/m0/s1. The van der Waals surface area contributed by atoms with Crippen molar-refractivity contribution in [2.24, 2.45) is 11.8 Å². The molecule has 1 aliphatic carbocycles. The highest BCUT2D eigenvalue weighted by Gasteiger charge is 2.59. The predicted molar refractivity (Wildman–Crippen MR) is 121 cm³/mol. The third-order valence-electron chi connectivity index (χ3n) is 7.19. The number of hydrogen-bond acceptors (Lipinski definition) is 6. The number of alkyl halides is 3. The summed E-state index contributed by atoms with van der Waals surface area (Å²) in [6.07, 6.45) is -4.38. The minimum Gasteiger partial charge on any atom is -0.356 e. The second-order valence-corrected chi connectivity index (χ2v) is 9.86. The van der Waals surface area contributed by atoms with Crippen molar-refractivity contribution >= 4 is 35.1 Å². The van der Waals surface area contributed by atoms with Gasteiger partial charge in [-0.25, -0.2) is 4.39 Å². The lowest BCUT2D eigenvalue weighted by atomic mass is 9.71. The lowest BCUT2D eigenvalue weighted by Crippen LogP contribution is -2.55. The number of nitrogens with zero attached hydrogens (tertiary/aromatic N) is 1. The molecule has 1 saturated carbocycles. The van der Waals surface area contributed by atoms with Crippen molar-refractivity contribution in [1.29, 1.82) is 0 Å². The van der Waals surface area contributed by atoms with E-state index in [2.05, 4.69) is 20.7 Å². The van der Waals surface area contributed by atoms with Crippen LogP contribution < -0.4 is 16.0 Å². The van der Waals surface area contributed by atoms with Gasteiger partial charge in [-0.05, 0) is 43.7 Å². The zero-order valence-electron chi connectivity index (χ0n) is 20.1. The van der Waals surface area contributed by atoms with Gasteiger partial charge >= 0.3 is 18.2 Å². The lowest BCUT2D eigenvalue weighted by molar-refractivity contribution is -0.321. The van der Waals surface area contributed by atoms with Crippen LogP contribution in [0.25, 0.3) is 0 Å². The molecule has 14 heteroatoms. The van der Waals surface area contributed by atoms with Crippen LogP contribution in [0.3, 0.4) is 0 Å². The number of ketones is 1. The van der Waals surface area contributed by atoms with Crippen LogP contribution in [0.2, 0.25) is 0 Å². The molecule has 38 heavy (non-hydrogen) atoms. The van der Waals surface area contributed by atoms with Gasteiger partial charge in [-0.3, -0.25) is 28.7 Å². The van der Waals surface area contributed by atoms with Gasteiger partial charge in [0.1, 0.15) is 12.4 Å². The monoisotopic (exact) mass is 542 g/mol. The quantitative estimate of drug-likeness (QED) is 0.318. The fourth-order valence-corrected chi connectivity index (χ4v) is 5.44. The van der Waals surface area contributed by atoms with E-state index in [-0.39, 0.29) is 36.9 Å². The van der Waals surface area contributed by atoms with Crippen LogP contribution in [0.4, 0.5) is 23.2 Å². The van der Waals surface area contributed by atoms with Crippen LogP contribution in [0.1, 0.15) is 32.1 Å². The number of hydrogen-bond donors (Lipinski definition) is 3. The Balaban J connectivity index is 1.41. The van der Waals surface area contributed by atoms with Gasteiger partial charge in [0.05, 0.1) is 17.3 Å². The molecule has 4 amide bonds. The van der Waals surface area contributed by atoms with Crippen LogP contribution in [0, 0.1) is 17.7 Å². The number of para-hydroxylation sites is 1. The minimum absolute atomic E-state index is 0.0489. The first-order chi connectivity index (χ1) is 17.9. The fourth-order valence-electron chi connectivity index (χ4n) is 5.44. The Morgan fingerprint density at radius 2 is 1.89 bits per heavy atom. The summed E-state index contributed by atoms with van der Waals surface area (Å²) >= 11 is 0. The highest BCUT2D eigenvalue weighted by Crippen LogP contribution is 2.52. The molecule has 1 aromatic rings. The third kappa shape index (κ3) is 6.11. The molecule has 0 unspecified atom stereocenters. The second-order valence-electron chi connectivity index (χ2n) is 9.86. The van der Waals surface area contributed by atoms with Gasteiger partial charge in [-0.15, -0.1) is 13.2 Å². The van der Waals surface area contributed by atoms with E-state index in [9.17, 15) is 41.5 Å². The molecule has 206 valence electrons. The zero-order valence-corrected chi connectivity index (χ0v) is 20.1. The van der Waals surface area contributed by atoms with Gasteiger partial charge in [0.15, 0.2) is 5.78 Å². The van der Waals surface area contributed by atoms with Gasteiger partial charge < -0.3 is 20.9 Å². The van der Waals surface area contributed by atoms with Crippen molar-refractivity contribution in [3.8, 4) is 0 Å². The summed E-state index contributed by atoms with van der Waals surface area (Å²) in [6.45, 7) is -0.786. The Kier molecular flexibility index (Phi) is 7.72.